The lowest BCUT2D eigenvalue weighted by atomic mass is 10.1. The van der Waals surface area contributed by atoms with Crippen molar-refractivity contribution < 1.29 is 27.5 Å². The number of carbonyl (C=O) groups is 1. The van der Waals surface area contributed by atoms with Gasteiger partial charge in [-0.05, 0) is 12.1 Å². The Kier molecular flexibility index (Phi) is 3.31. The lowest BCUT2D eigenvalue weighted by Gasteiger charge is -2.07. The van der Waals surface area contributed by atoms with Gasteiger partial charge in [-0.15, -0.1) is 0 Å². The molecule has 1 N–H and O–H groups in total. The standard InChI is InChI=1S/C10H6F4O2/c11-8-4-2-1-3-6(8)5-7(9(15)16)10(12,13)14/h1-5H,(H,15,16)/b7-5+. The molecule has 6 heteroatoms. The summed E-state index contributed by atoms with van der Waals surface area (Å²) >= 11 is 0. The molecule has 1 aromatic carbocycles. The number of carboxylic acids is 1. The second-order valence-corrected chi connectivity index (χ2v) is 2.88. The maximum atomic E-state index is 13.0. The van der Waals surface area contributed by atoms with E-state index < -0.39 is 29.1 Å². The minimum absolute atomic E-state index is 0.262. The summed E-state index contributed by atoms with van der Waals surface area (Å²) in [4.78, 5) is 10.4. The molecular weight excluding hydrogens is 228 g/mol. The van der Waals surface area contributed by atoms with E-state index in [1.54, 1.807) is 0 Å². The van der Waals surface area contributed by atoms with Crippen LogP contribution >= 0.6 is 0 Å². The van der Waals surface area contributed by atoms with Crippen LogP contribution in [0.3, 0.4) is 0 Å². The van der Waals surface area contributed by atoms with Crippen molar-refractivity contribution in [3.63, 3.8) is 0 Å². The van der Waals surface area contributed by atoms with Gasteiger partial charge in [-0.25, -0.2) is 9.18 Å². The van der Waals surface area contributed by atoms with Crippen LogP contribution in [0.4, 0.5) is 17.6 Å². The van der Waals surface area contributed by atoms with Crippen LogP contribution in [0.1, 0.15) is 5.56 Å². The number of hydrogen-bond donors (Lipinski definition) is 1. The maximum Gasteiger partial charge on any atom is 0.423 e. The van der Waals surface area contributed by atoms with Crippen LogP contribution in [0.5, 0.6) is 0 Å². The summed E-state index contributed by atoms with van der Waals surface area (Å²) in [5.74, 6) is -3.05. The Labute approximate surface area is 87.8 Å². The van der Waals surface area contributed by atoms with E-state index in [0.29, 0.717) is 0 Å². The highest BCUT2D eigenvalue weighted by Crippen LogP contribution is 2.28. The van der Waals surface area contributed by atoms with Crippen LogP contribution in [-0.4, -0.2) is 17.3 Å². The molecule has 0 amide bonds. The summed E-state index contributed by atoms with van der Waals surface area (Å²) in [6, 6.07) is 4.61. The molecule has 0 aromatic heterocycles. The molecule has 0 saturated heterocycles. The molecule has 0 radical (unpaired) electrons. The largest absolute Gasteiger partial charge is 0.478 e. The van der Waals surface area contributed by atoms with Crippen molar-refractivity contribution in [2.24, 2.45) is 0 Å². The van der Waals surface area contributed by atoms with E-state index >= 15 is 0 Å². The van der Waals surface area contributed by atoms with E-state index in [-0.39, 0.29) is 6.08 Å². The second kappa shape index (κ2) is 4.34. The molecule has 0 fully saturated rings. The highest BCUT2D eigenvalue weighted by Gasteiger charge is 2.38. The van der Waals surface area contributed by atoms with Crippen molar-refractivity contribution in [2.45, 2.75) is 6.18 Å². The highest BCUT2D eigenvalue weighted by molar-refractivity contribution is 5.93. The number of alkyl halides is 3. The maximum absolute atomic E-state index is 13.0. The van der Waals surface area contributed by atoms with Gasteiger partial charge in [-0.2, -0.15) is 13.2 Å². The fourth-order valence-electron chi connectivity index (χ4n) is 1.01. The Morgan fingerprint density at radius 3 is 2.25 bits per heavy atom. The highest BCUT2D eigenvalue weighted by atomic mass is 19.4. The van der Waals surface area contributed by atoms with Crippen LogP contribution < -0.4 is 0 Å². The molecule has 0 aliphatic carbocycles. The van der Waals surface area contributed by atoms with Crippen molar-refractivity contribution >= 4 is 12.0 Å². The Morgan fingerprint density at radius 2 is 1.81 bits per heavy atom. The van der Waals surface area contributed by atoms with E-state index in [9.17, 15) is 22.4 Å². The van der Waals surface area contributed by atoms with Gasteiger partial charge in [0.25, 0.3) is 0 Å². The first-order valence-corrected chi connectivity index (χ1v) is 4.09. The number of aliphatic carboxylic acids is 1. The van der Waals surface area contributed by atoms with Crippen molar-refractivity contribution in [1.82, 2.24) is 0 Å². The van der Waals surface area contributed by atoms with Crippen molar-refractivity contribution in [3.05, 3.63) is 41.2 Å². The Hall–Kier alpha value is -1.85. The molecule has 1 rings (SSSR count). The van der Waals surface area contributed by atoms with Gasteiger partial charge in [0, 0.05) is 5.56 Å². The summed E-state index contributed by atoms with van der Waals surface area (Å²) in [7, 11) is 0. The van der Waals surface area contributed by atoms with Gasteiger partial charge in [0.15, 0.2) is 0 Å². The van der Waals surface area contributed by atoms with Gasteiger partial charge in [-0.1, -0.05) is 18.2 Å². The third-order valence-corrected chi connectivity index (χ3v) is 1.74. The Balaban J connectivity index is 3.24. The molecule has 0 bridgehead atoms. The van der Waals surface area contributed by atoms with E-state index in [1.165, 1.54) is 12.1 Å². The van der Waals surface area contributed by atoms with E-state index in [1.807, 2.05) is 0 Å². The third kappa shape index (κ3) is 2.82. The summed E-state index contributed by atoms with van der Waals surface area (Å²) in [5.41, 5.74) is -2.23. The molecule has 0 unspecified atom stereocenters. The van der Waals surface area contributed by atoms with Gasteiger partial charge in [0.1, 0.15) is 11.4 Å². The number of hydrogen-bond acceptors (Lipinski definition) is 1. The summed E-state index contributed by atoms with van der Waals surface area (Å²) in [6.45, 7) is 0. The minimum Gasteiger partial charge on any atom is -0.478 e. The Bertz CT molecular complexity index is 435. The summed E-state index contributed by atoms with van der Waals surface area (Å²) in [5, 5.41) is 8.35. The topological polar surface area (TPSA) is 37.3 Å². The van der Waals surface area contributed by atoms with E-state index in [2.05, 4.69) is 0 Å². The lowest BCUT2D eigenvalue weighted by molar-refractivity contribution is -0.144. The molecule has 0 heterocycles. The fourth-order valence-corrected chi connectivity index (χ4v) is 1.01. The molecular formula is C10H6F4O2. The zero-order chi connectivity index (χ0) is 12.3. The first-order chi connectivity index (χ1) is 7.32. The monoisotopic (exact) mass is 234 g/mol. The smallest absolute Gasteiger partial charge is 0.423 e. The first kappa shape index (κ1) is 12.2. The molecule has 0 spiro atoms. The van der Waals surface area contributed by atoms with Crippen LogP contribution in [0, 0.1) is 5.82 Å². The number of halogens is 4. The fraction of sp³-hybridized carbons (Fsp3) is 0.100. The molecule has 0 aliphatic rings. The molecule has 0 saturated carbocycles. The molecule has 16 heavy (non-hydrogen) atoms. The predicted molar refractivity (Wildman–Crippen MR) is 48.1 cm³/mol. The van der Waals surface area contributed by atoms with Gasteiger partial charge >= 0.3 is 12.1 Å². The molecule has 0 atom stereocenters. The zero-order valence-electron chi connectivity index (χ0n) is 7.75. The lowest BCUT2D eigenvalue weighted by Crippen LogP contribution is -2.19. The third-order valence-electron chi connectivity index (χ3n) is 1.74. The summed E-state index contributed by atoms with van der Waals surface area (Å²) in [6.07, 6.45) is -4.76. The average molecular weight is 234 g/mol. The first-order valence-electron chi connectivity index (χ1n) is 4.09. The number of carboxylic acid groups (broad SMARTS) is 1. The average Bonchev–Trinajstić information content (AvgIpc) is 2.14. The van der Waals surface area contributed by atoms with Gasteiger partial charge < -0.3 is 5.11 Å². The predicted octanol–water partition coefficient (Wildman–Crippen LogP) is 2.86. The van der Waals surface area contributed by atoms with Crippen LogP contribution in [0.2, 0.25) is 0 Å². The number of benzene rings is 1. The van der Waals surface area contributed by atoms with Crippen molar-refractivity contribution in [3.8, 4) is 0 Å². The normalized spacial score (nSPS) is 12.6. The van der Waals surface area contributed by atoms with Gasteiger partial charge in [0.05, 0.1) is 0 Å². The molecule has 0 aliphatic heterocycles. The number of rotatable bonds is 2. The SMILES string of the molecule is O=C(O)/C(=C\c1ccccc1F)C(F)(F)F. The van der Waals surface area contributed by atoms with Gasteiger partial charge in [-0.3, -0.25) is 0 Å². The quantitative estimate of drug-likeness (QED) is 0.631. The second-order valence-electron chi connectivity index (χ2n) is 2.88. The zero-order valence-corrected chi connectivity index (χ0v) is 7.75. The van der Waals surface area contributed by atoms with E-state index in [4.69, 9.17) is 5.11 Å². The van der Waals surface area contributed by atoms with Crippen molar-refractivity contribution in [2.75, 3.05) is 0 Å². The molecule has 2 nitrogen and oxygen atoms in total. The van der Waals surface area contributed by atoms with Crippen molar-refractivity contribution in [1.29, 1.82) is 0 Å². The Morgan fingerprint density at radius 1 is 1.25 bits per heavy atom. The van der Waals surface area contributed by atoms with Gasteiger partial charge in [0.2, 0.25) is 0 Å². The van der Waals surface area contributed by atoms with Crippen LogP contribution in [0.15, 0.2) is 29.8 Å². The minimum atomic E-state index is -5.02. The van der Waals surface area contributed by atoms with Crippen LogP contribution in [0.25, 0.3) is 6.08 Å². The molecule has 1 aromatic rings. The molecule has 86 valence electrons. The van der Waals surface area contributed by atoms with E-state index in [0.717, 1.165) is 12.1 Å². The van der Waals surface area contributed by atoms with Crippen LogP contribution in [-0.2, 0) is 4.79 Å². The summed E-state index contributed by atoms with van der Waals surface area (Å²) < 4.78 is 49.6.